The van der Waals surface area contributed by atoms with Gasteiger partial charge in [-0.05, 0) is 6.07 Å². The predicted octanol–water partition coefficient (Wildman–Crippen LogP) is 0.272. The van der Waals surface area contributed by atoms with E-state index in [-0.39, 0.29) is 6.61 Å². The topological polar surface area (TPSA) is 93.0 Å². The second kappa shape index (κ2) is 6.36. The summed E-state index contributed by atoms with van der Waals surface area (Å²) in [7, 11) is 1.28. The average Bonchev–Trinajstić information content (AvgIpc) is 2.34. The number of hydrogen-bond donors (Lipinski definition) is 2. The molecule has 7 heteroatoms. The van der Waals surface area contributed by atoms with Crippen LogP contribution in [0, 0.1) is 0 Å². The number of methoxy groups -OCH3 is 1. The number of aliphatic imine (C=N–C) groups is 1. The van der Waals surface area contributed by atoms with Crippen LogP contribution in [0.4, 0.5) is 5.69 Å². The fourth-order valence-corrected chi connectivity index (χ4v) is 0.829. The molecule has 0 atom stereocenters. The second-order valence-electron chi connectivity index (χ2n) is 2.61. The number of esters is 1. The molecule has 0 aliphatic rings. The summed E-state index contributed by atoms with van der Waals surface area (Å²) in [6.45, 7) is -0.190. The van der Waals surface area contributed by atoms with Gasteiger partial charge in [0.25, 0.3) is 0 Å². The first-order valence-corrected chi connectivity index (χ1v) is 4.34. The normalized spacial score (nSPS) is 10.1. The van der Waals surface area contributed by atoms with E-state index >= 15 is 0 Å². The van der Waals surface area contributed by atoms with Crippen molar-refractivity contribution >= 4 is 18.0 Å². The third-order valence-corrected chi connectivity index (χ3v) is 1.56. The summed E-state index contributed by atoms with van der Waals surface area (Å²) in [4.78, 5) is 18.4. The average molecular weight is 225 g/mol. The molecule has 0 unspecified atom stereocenters. The van der Waals surface area contributed by atoms with E-state index in [1.54, 1.807) is 17.6 Å². The van der Waals surface area contributed by atoms with Crippen LogP contribution in [0.1, 0.15) is 0 Å². The highest BCUT2D eigenvalue weighted by atomic mass is 16.6. The van der Waals surface area contributed by atoms with Gasteiger partial charge in [-0.25, -0.2) is 14.8 Å². The molecule has 16 heavy (non-hydrogen) atoms. The summed E-state index contributed by atoms with van der Waals surface area (Å²) < 4.78 is 9.41. The fourth-order valence-electron chi connectivity index (χ4n) is 0.829. The van der Waals surface area contributed by atoms with Crippen LogP contribution in [0.25, 0.3) is 0 Å². The molecule has 1 heterocycles. The Balaban J connectivity index is 2.51. The van der Waals surface area contributed by atoms with Gasteiger partial charge in [0.15, 0.2) is 6.61 Å². The van der Waals surface area contributed by atoms with E-state index in [0.717, 1.165) is 6.34 Å². The van der Waals surface area contributed by atoms with Crippen molar-refractivity contribution in [2.75, 3.05) is 13.7 Å². The van der Waals surface area contributed by atoms with E-state index < -0.39 is 5.97 Å². The van der Waals surface area contributed by atoms with Gasteiger partial charge in [-0.3, -0.25) is 10.7 Å². The highest BCUT2D eigenvalue weighted by molar-refractivity contribution is 5.70. The van der Waals surface area contributed by atoms with Crippen LogP contribution in [0.2, 0.25) is 0 Å². The van der Waals surface area contributed by atoms with E-state index in [1.807, 2.05) is 0 Å². The molecule has 0 aliphatic heterocycles. The van der Waals surface area contributed by atoms with Crippen LogP contribution < -0.4 is 10.2 Å². The van der Waals surface area contributed by atoms with Gasteiger partial charge in [0.05, 0.1) is 19.0 Å². The van der Waals surface area contributed by atoms with Crippen molar-refractivity contribution in [1.29, 1.82) is 0 Å². The van der Waals surface area contributed by atoms with E-state index in [1.165, 1.54) is 13.3 Å². The maximum atomic E-state index is 10.8. The minimum atomic E-state index is -0.478. The molecule has 0 saturated heterocycles. The molecule has 7 nitrogen and oxygen atoms in total. The van der Waals surface area contributed by atoms with Gasteiger partial charge in [0, 0.05) is 6.07 Å². The van der Waals surface area contributed by atoms with Gasteiger partial charge in [0.1, 0.15) is 6.34 Å². The first-order valence-electron chi connectivity index (χ1n) is 4.34. The van der Waals surface area contributed by atoms with Crippen molar-refractivity contribution in [3.05, 3.63) is 18.3 Å². The molecule has 0 saturated carbocycles. The van der Waals surface area contributed by atoms with Crippen LogP contribution in [-0.4, -0.2) is 36.2 Å². The van der Waals surface area contributed by atoms with Gasteiger partial charge in [-0.1, -0.05) is 0 Å². The number of carbonyl (C=O) groups excluding carboxylic acids is 1. The molecule has 0 amide bonds. The molecule has 0 aromatic carbocycles. The number of carbonyl (C=O) groups is 1. The largest absolute Gasteiger partial charge is 0.466 e. The molecule has 1 rings (SSSR count). The predicted molar refractivity (Wildman–Crippen MR) is 54.8 cm³/mol. The Kier molecular flexibility index (Phi) is 4.74. The lowest BCUT2D eigenvalue weighted by Crippen LogP contribution is -2.12. The third kappa shape index (κ3) is 3.93. The van der Waals surface area contributed by atoms with Crippen molar-refractivity contribution < 1.29 is 19.5 Å². The zero-order valence-corrected chi connectivity index (χ0v) is 8.58. The van der Waals surface area contributed by atoms with Crippen LogP contribution in [0.3, 0.4) is 0 Å². The van der Waals surface area contributed by atoms with Gasteiger partial charge >= 0.3 is 5.97 Å². The summed E-state index contributed by atoms with van der Waals surface area (Å²) >= 11 is 0. The van der Waals surface area contributed by atoms with E-state index in [4.69, 9.17) is 9.94 Å². The minimum absolute atomic E-state index is 0.190. The lowest BCUT2D eigenvalue weighted by molar-refractivity contribution is -0.143. The lowest BCUT2D eigenvalue weighted by Gasteiger charge is -2.03. The number of pyridine rings is 1. The lowest BCUT2D eigenvalue weighted by atomic mass is 10.4. The molecule has 0 fully saturated rings. The maximum Gasteiger partial charge on any atom is 0.343 e. The monoisotopic (exact) mass is 225 g/mol. The molecule has 2 N–H and O–H groups in total. The van der Waals surface area contributed by atoms with Gasteiger partial charge in [-0.15, -0.1) is 0 Å². The van der Waals surface area contributed by atoms with E-state index in [2.05, 4.69) is 14.7 Å². The standard InChI is InChI=1S/C9H11N3O4/c1-15-9(13)5-16-8-3-2-7(4-10-8)11-6-12-14/h2-4,6,14H,5H2,1H3,(H,11,12). The number of aromatic nitrogens is 1. The van der Waals surface area contributed by atoms with Crippen molar-refractivity contribution in [3.63, 3.8) is 0 Å². The van der Waals surface area contributed by atoms with Crippen molar-refractivity contribution in [2.45, 2.75) is 0 Å². The van der Waals surface area contributed by atoms with Gasteiger partial charge < -0.3 is 9.47 Å². The molecular formula is C9H11N3O4. The van der Waals surface area contributed by atoms with Crippen LogP contribution in [0.5, 0.6) is 5.88 Å². The molecule has 0 aliphatic carbocycles. The van der Waals surface area contributed by atoms with Gasteiger partial charge in [0.2, 0.25) is 5.88 Å². The first kappa shape index (κ1) is 11.9. The second-order valence-corrected chi connectivity index (χ2v) is 2.61. The maximum absolute atomic E-state index is 10.8. The molecular weight excluding hydrogens is 214 g/mol. The molecule has 1 aromatic heterocycles. The van der Waals surface area contributed by atoms with E-state index in [9.17, 15) is 4.79 Å². The molecule has 0 spiro atoms. The zero-order chi connectivity index (χ0) is 11.8. The van der Waals surface area contributed by atoms with Crippen molar-refractivity contribution in [3.8, 4) is 5.88 Å². The van der Waals surface area contributed by atoms with Crippen LogP contribution in [-0.2, 0) is 9.53 Å². The first-order chi connectivity index (χ1) is 7.76. The molecule has 86 valence electrons. The zero-order valence-electron chi connectivity index (χ0n) is 8.58. The summed E-state index contributed by atoms with van der Waals surface area (Å²) in [6, 6.07) is 3.17. The Hall–Kier alpha value is -2.15. The number of nitrogens with zero attached hydrogens (tertiary/aromatic N) is 2. The Labute approximate surface area is 91.7 Å². The summed E-state index contributed by atoms with van der Waals surface area (Å²) in [5.41, 5.74) is 2.30. The van der Waals surface area contributed by atoms with Crippen molar-refractivity contribution in [2.24, 2.45) is 4.99 Å². The van der Waals surface area contributed by atoms with Gasteiger partial charge in [-0.2, -0.15) is 0 Å². The smallest absolute Gasteiger partial charge is 0.343 e. The third-order valence-electron chi connectivity index (χ3n) is 1.56. The number of rotatable bonds is 5. The number of hydrogen-bond acceptors (Lipinski definition) is 6. The van der Waals surface area contributed by atoms with Crippen LogP contribution >= 0.6 is 0 Å². The Morgan fingerprint density at radius 2 is 2.50 bits per heavy atom. The Morgan fingerprint density at radius 1 is 1.69 bits per heavy atom. The molecule has 0 bridgehead atoms. The number of ether oxygens (including phenoxy) is 2. The summed E-state index contributed by atoms with van der Waals surface area (Å²) in [5, 5.41) is 8.26. The number of nitrogens with one attached hydrogen (secondary N) is 1. The molecule has 0 radical (unpaired) electrons. The quantitative estimate of drug-likeness (QED) is 0.323. The van der Waals surface area contributed by atoms with Crippen molar-refractivity contribution in [1.82, 2.24) is 10.5 Å². The Morgan fingerprint density at radius 3 is 3.06 bits per heavy atom. The van der Waals surface area contributed by atoms with Crippen LogP contribution in [0.15, 0.2) is 23.3 Å². The highest BCUT2D eigenvalue weighted by Gasteiger charge is 2.02. The summed E-state index contributed by atoms with van der Waals surface area (Å²) in [5.74, 6) is -0.185. The Bertz CT molecular complexity index is 364. The number of hydroxylamine groups is 1. The van der Waals surface area contributed by atoms with E-state index in [0.29, 0.717) is 11.6 Å². The minimum Gasteiger partial charge on any atom is -0.466 e. The SMILES string of the molecule is COC(=O)COc1ccc(N=CNO)cn1. The summed E-state index contributed by atoms with van der Waals surface area (Å²) in [6.07, 6.45) is 2.53. The fraction of sp³-hybridized carbons (Fsp3) is 0.222. The molecule has 1 aromatic rings. The highest BCUT2D eigenvalue weighted by Crippen LogP contribution is 2.13.